The molecule has 2 aliphatic rings. The molecule has 2 fully saturated rings. The number of ether oxygens (including phenoxy) is 1. The van der Waals surface area contributed by atoms with Gasteiger partial charge in [0, 0.05) is 12.6 Å². The summed E-state index contributed by atoms with van der Waals surface area (Å²) in [4.78, 5) is 11.8. The molecule has 0 aromatic rings. The Labute approximate surface area is 104 Å². The maximum Gasteiger partial charge on any atom is 0.321 e. The average molecular weight is 323 g/mol. The number of hydrogen-bond acceptors (Lipinski definition) is 3. The fraction of sp³-hybridized carbons (Fsp3) is 0.909. The number of esters is 1. The zero-order chi connectivity index (χ0) is 10.9. The van der Waals surface area contributed by atoms with Gasteiger partial charge in [-0.15, -0.1) is 0 Å². The SMILES string of the molecule is CC1(OC(=O)C(I)C2CN2)CCCCC1. The molecule has 0 aromatic heterocycles. The van der Waals surface area contributed by atoms with Crippen molar-refractivity contribution in [1.29, 1.82) is 0 Å². The molecule has 1 heterocycles. The maximum absolute atomic E-state index is 11.8. The number of hydrogen-bond donors (Lipinski definition) is 1. The van der Waals surface area contributed by atoms with Gasteiger partial charge in [0.05, 0.1) is 0 Å². The van der Waals surface area contributed by atoms with Crippen LogP contribution in [0.5, 0.6) is 0 Å². The highest BCUT2D eigenvalue weighted by Gasteiger charge is 2.38. The smallest absolute Gasteiger partial charge is 0.321 e. The van der Waals surface area contributed by atoms with Gasteiger partial charge in [0.2, 0.25) is 0 Å². The number of rotatable bonds is 3. The van der Waals surface area contributed by atoms with Crippen molar-refractivity contribution in [2.45, 2.75) is 54.6 Å². The molecule has 2 atom stereocenters. The molecule has 4 heteroatoms. The largest absolute Gasteiger partial charge is 0.459 e. The Kier molecular flexibility index (Phi) is 3.55. The van der Waals surface area contributed by atoms with E-state index in [-0.39, 0.29) is 15.5 Å². The molecule has 1 aliphatic carbocycles. The van der Waals surface area contributed by atoms with E-state index < -0.39 is 0 Å². The second kappa shape index (κ2) is 4.57. The molecule has 0 radical (unpaired) electrons. The molecule has 1 aliphatic heterocycles. The highest BCUT2D eigenvalue weighted by atomic mass is 127. The number of alkyl halides is 1. The Morgan fingerprint density at radius 3 is 2.60 bits per heavy atom. The van der Waals surface area contributed by atoms with Crippen LogP contribution in [0.25, 0.3) is 0 Å². The number of carbonyl (C=O) groups excluding carboxylic acids is 1. The highest BCUT2D eigenvalue weighted by Crippen LogP contribution is 2.32. The number of carbonyl (C=O) groups is 1. The molecule has 1 N–H and O–H groups in total. The van der Waals surface area contributed by atoms with E-state index in [1.54, 1.807) is 0 Å². The van der Waals surface area contributed by atoms with Gasteiger partial charge in [-0.05, 0) is 32.6 Å². The fourth-order valence-corrected chi connectivity index (χ4v) is 2.78. The zero-order valence-corrected chi connectivity index (χ0v) is 11.2. The van der Waals surface area contributed by atoms with Crippen molar-refractivity contribution in [3.63, 3.8) is 0 Å². The highest BCUT2D eigenvalue weighted by molar-refractivity contribution is 14.1. The molecule has 2 unspecified atom stereocenters. The van der Waals surface area contributed by atoms with E-state index in [9.17, 15) is 4.79 Å². The van der Waals surface area contributed by atoms with Crippen LogP contribution < -0.4 is 5.32 Å². The third-order valence-corrected chi connectivity index (χ3v) is 4.65. The molecule has 1 saturated heterocycles. The topological polar surface area (TPSA) is 48.2 Å². The first-order valence-electron chi connectivity index (χ1n) is 5.71. The molecular formula is C11H18INO2. The van der Waals surface area contributed by atoms with Crippen molar-refractivity contribution in [3.8, 4) is 0 Å². The van der Waals surface area contributed by atoms with Gasteiger partial charge in [0.15, 0.2) is 0 Å². The second-order valence-corrected chi connectivity index (χ2v) is 6.19. The van der Waals surface area contributed by atoms with Crippen molar-refractivity contribution in [3.05, 3.63) is 0 Å². The Morgan fingerprint density at radius 2 is 2.07 bits per heavy atom. The summed E-state index contributed by atoms with van der Waals surface area (Å²) in [5, 5.41) is 3.16. The Morgan fingerprint density at radius 1 is 1.47 bits per heavy atom. The summed E-state index contributed by atoms with van der Waals surface area (Å²) in [5.41, 5.74) is -0.187. The van der Waals surface area contributed by atoms with Crippen LogP contribution in [0.3, 0.4) is 0 Å². The van der Waals surface area contributed by atoms with Crippen LogP contribution >= 0.6 is 22.6 Å². The Hall–Kier alpha value is 0.160. The van der Waals surface area contributed by atoms with Crippen LogP contribution in [0.1, 0.15) is 39.0 Å². The van der Waals surface area contributed by atoms with Gasteiger partial charge in [-0.1, -0.05) is 29.0 Å². The molecular weight excluding hydrogens is 305 g/mol. The van der Waals surface area contributed by atoms with E-state index in [1.807, 2.05) is 0 Å². The number of nitrogens with one attached hydrogen (secondary N) is 1. The summed E-state index contributed by atoms with van der Waals surface area (Å²) < 4.78 is 5.64. The first kappa shape index (κ1) is 11.6. The van der Waals surface area contributed by atoms with Crippen LogP contribution in [0.4, 0.5) is 0 Å². The summed E-state index contributed by atoms with van der Waals surface area (Å²) in [6, 6.07) is 0.352. The third-order valence-electron chi connectivity index (χ3n) is 3.28. The van der Waals surface area contributed by atoms with E-state index in [1.165, 1.54) is 19.3 Å². The molecule has 15 heavy (non-hydrogen) atoms. The fourth-order valence-electron chi connectivity index (χ4n) is 2.14. The lowest BCUT2D eigenvalue weighted by atomic mass is 9.86. The average Bonchev–Trinajstić information content (AvgIpc) is 3.00. The van der Waals surface area contributed by atoms with Crippen LogP contribution in [0.15, 0.2) is 0 Å². The van der Waals surface area contributed by atoms with Crippen LogP contribution in [-0.4, -0.2) is 28.1 Å². The minimum absolute atomic E-state index is 0.0126. The molecule has 86 valence electrons. The van der Waals surface area contributed by atoms with E-state index in [2.05, 4.69) is 34.8 Å². The van der Waals surface area contributed by atoms with Crippen molar-refractivity contribution in [2.24, 2.45) is 0 Å². The second-order valence-electron chi connectivity index (χ2n) is 4.85. The summed E-state index contributed by atoms with van der Waals surface area (Å²) in [6.45, 7) is 3.03. The molecule has 0 aromatic carbocycles. The monoisotopic (exact) mass is 323 g/mol. The minimum Gasteiger partial charge on any atom is -0.459 e. The van der Waals surface area contributed by atoms with Crippen molar-refractivity contribution in [2.75, 3.05) is 6.54 Å². The normalized spacial score (nSPS) is 30.7. The van der Waals surface area contributed by atoms with E-state index in [0.717, 1.165) is 19.4 Å². The standard InChI is InChI=1S/C11H18INO2/c1-11(5-3-2-4-6-11)15-10(14)9(12)8-7-13-8/h8-9,13H,2-7H2,1H3. The zero-order valence-electron chi connectivity index (χ0n) is 9.09. The lowest BCUT2D eigenvalue weighted by Gasteiger charge is -2.33. The lowest BCUT2D eigenvalue weighted by Crippen LogP contribution is -2.38. The molecule has 0 bridgehead atoms. The number of halogens is 1. The minimum atomic E-state index is -0.187. The molecule has 1 saturated carbocycles. The van der Waals surface area contributed by atoms with Crippen molar-refractivity contribution >= 4 is 28.6 Å². The van der Waals surface area contributed by atoms with Gasteiger partial charge >= 0.3 is 5.97 Å². The van der Waals surface area contributed by atoms with Gasteiger partial charge in [-0.2, -0.15) is 0 Å². The molecule has 0 spiro atoms. The van der Waals surface area contributed by atoms with Crippen molar-refractivity contribution < 1.29 is 9.53 Å². The third kappa shape index (κ3) is 3.06. The van der Waals surface area contributed by atoms with Crippen molar-refractivity contribution in [1.82, 2.24) is 5.32 Å². The van der Waals surface area contributed by atoms with Crippen LogP contribution in [-0.2, 0) is 9.53 Å². The predicted octanol–water partition coefficient (Wildman–Crippen LogP) is 2.03. The first-order chi connectivity index (χ1) is 7.11. The van der Waals surface area contributed by atoms with E-state index >= 15 is 0 Å². The van der Waals surface area contributed by atoms with E-state index in [4.69, 9.17) is 4.74 Å². The predicted molar refractivity (Wildman–Crippen MR) is 67.2 cm³/mol. The Balaban J connectivity index is 1.85. The van der Waals surface area contributed by atoms with Gasteiger partial charge < -0.3 is 10.1 Å². The van der Waals surface area contributed by atoms with Gasteiger partial charge in [0.1, 0.15) is 9.53 Å². The summed E-state index contributed by atoms with van der Waals surface area (Å²) in [5.74, 6) is -0.0324. The van der Waals surface area contributed by atoms with Gasteiger partial charge in [-0.25, -0.2) is 0 Å². The van der Waals surface area contributed by atoms with Crippen LogP contribution in [0, 0.1) is 0 Å². The summed E-state index contributed by atoms with van der Waals surface area (Å²) in [6.07, 6.45) is 5.72. The summed E-state index contributed by atoms with van der Waals surface area (Å²) in [7, 11) is 0. The Bertz CT molecular complexity index is 247. The molecule has 2 rings (SSSR count). The summed E-state index contributed by atoms with van der Waals surface area (Å²) >= 11 is 2.19. The molecule has 3 nitrogen and oxygen atoms in total. The molecule has 0 amide bonds. The van der Waals surface area contributed by atoms with Gasteiger partial charge in [-0.3, -0.25) is 4.79 Å². The maximum atomic E-state index is 11.8. The quantitative estimate of drug-likeness (QED) is 0.374. The van der Waals surface area contributed by atoms with E-state index in [0.29, 0.717) is 6.04 Å². The lowest BCUT2D eigenvalue weighted by molar-refractivity contribution is -0.159. The first-order valence-corrected chi connectivity index (χ1v) is 6.96. The van der Waals surface area contributed by atoms with Crippen LogP contribution in [0.2, 0.25) is 0 Å². The van der Waals surface area contributed by atoms with Gasteiger partial charge in [0.25, 0.3) is 0 Å².